The van der Waals surface area contributed by atoms with Crippen molar-refractivity contribution in [2.24, 2.45) is 0 Å². The van der Waals surface area contributed by atoms with Crippen LogP contribution in [0.5, 0.6) is 0 Å². The van der Waals surface area contributed by atoms with E-state index in [1.54, 1.807) is 0 Å². The molecule has 0 bridgehead atoms. The SMILES string of the molecule is CC1(c2nc(CC(=O)O)no2)CCCCC1. The molecule has 88 valence electrons. The molecule has 0 saturated heterocycles. The molecule has 1 aliphatic rings. The van der Waals surface area contributed by atoms with Crippen LogP contribution in [-0.4, -0.2) is 21.2 Å². The Morgan fingerprint density at radius 2 is 2.12 bits per heavy atom. The highest BCUT2D eigenvalue weighted by atomic mass is 16.5. The summed E-state index contributed by atoms with van der Waals surface area (Å²) < 4.78 is 5.18. The smallest absolute Gasteiger partial charge is 0.311 e. The Kier molecular flexibility index (Phi) is 2.94. The molecule has 2 rings (SSSR count). The second kappa shape index (κ2) is 4.23. The first kappa shape index (κ1) is 11.1. The van der Waals surface area contributed by atoms with E-state index in [4.69, 9.17) is 9.63 Å². The van der Waals surface area contributed by atoms with Crippen molar-refractivity contribution in [1.82, 2.24) is 10.1 Å². The van der Waals surface area contributed by atoms with Gasteiger partial charge < -0.3 is 9.63 Å². The molecule has 1 N–H and O–H groups in total. The van der Waals surface area contributed by atoms with Gasteiger partial charge in [0.25, 0.3) is 0 Å². The minimum atomic E-state index is -0.929. The highest BCUT2D eigenvalue weighted by molar-refractivity contribution is 5.68. The second-order valence-electron chi connectivity index (χ2n) is 4.71. The fraction of sp³-hybridized carbons (Fsp3) is 0.727. The van der Waals surface area contributed by atoms with Crippen molar-refractivity contribution in [3.05, 3.63) is 11.7 Å². The van der Waals surface area contributed by atoms with E-state index in [2.05, 4.69) is 17.1 Å². The van der Waals surface area contributed by atoms with Gasteiger partial charge in [-0.05, 0) is 12.8 Å². The molecule has 0 atom stereocenters. The van der Waals surface area contributed by atoms with E-state index in [-0.39, 0.29) is 17.7 Å². The molecule has 0 amide bonds. The highest BCUT2D eigenvalue weighted by Crippen LogP contribution is 2.37. The summed E-state index contributed by atoms with van der Waals surface area (Å²) in [6, 6.07) is 0. The molecule has 1 aliphatic carbocycles. The number of carboxylic acid groups (broad SMARTS) is 1. The third kappa shape index (κ3) is 2.23. The van der Waals surface area contributed by atoms with Crippen molar-refractivity contribution in [2.75, 3.05) is 0 Å². The quantitative estimate of drug-likeness (QED) is 0.848. The number of carbonyl (C=O) groups is 1. The normalized spacial score (nSPS) is 19.6. The molecule has 0 radical (unpaired) electrons. The lowest BCUT2D eigenvalue weighted by Gasteiger charge is -2.29. The van der Waals surface area contributed by atoms with Crippen LogP contribution in [0.2, 0.25) is 0 Å². The Bertz CT molecular complexity index is 380. The summed E-state index contributed by atoms with van der Waals surface area (Å²) in [5, 5.41) is 12.3. The van der Waals surface area contributed by atoms with E-state index in [0.717, 1.165) is 12.8 Å². The Hall–Kier alpha value is -1.39. The van der Waals surface area contributed by atoms with Crippen LogP contribution < -0.4 is 0 Å². The lowest BCUT2D eigenvalue weighted by atomic mass is 9.76. The molecule has 0 aliphatic heterocycles. The average molecular weight is 224 g/mol. The van der Waals surface area contributed by atoms with Crippen molar-refractivity contribution < 1.29 is 14.4 Å². The second-order valence-corrected chi connectivity index (χ2v) is 4.71. The first-order valence-corrected chi connectivity index (χ1v) is 5.65. The molecule has 1 saturated carbocycles. The van der Waals surface area contributed by atoms with Crippen LogP contribution in [-0.2, 0) is 16.6 Å². The fourth-order valence-corrected chi connectivity index (χ4v) is 2.25. The molecular formula is C11H16N2O3. The van der Waals surface area contributed by atoms with E-state index < -0.39 is 5.97 Å². The van der Waals surface area contributed by atoms with E-state index >= 15 is 0 Å². The van der Waals surface area contributed by atoms with Crippen molar-refractivity contribution in [1.29, 1.82) is 0 Å². The lowest BCUT2D eigenvalue weighted by Crippen LogP contribution is -2.25. The van der Waals surface area contributed by atoms with Crippen LogP contribution in [0.25, 0.3) is 0 Å². The topological polar surface area (TPSA) is 76.2 Å². The first-order valence-electron chi connectivity index (χ1n) is 5.65. The van der Waals surface area contributed by atoms with Gasteiger partial charge in [-0.1, -0.05) is 31.3 Å². The molecule has 1 aromatic heterocycles. The van der Waals surface area contributed by atoms with Gasteiger partial charge in [-0.25, -0.2) is 0 Å². The number of aliphatic carboxylic acids is 1. The van der Waals surface area contributed by atoms with Gasteiger partial charge in [-0.15, -0.1) is 0 Å². The lowest BCUT2D eigenvalue weighted by molar-refractivity contribution is -0.136. The van der Waals surface area contributed by atoms with Crippen LogP contribution in [0, 0.1) is 0 Å². The highest BCUT2D eigenvalue weighted by Gasteiger charge is 2.34. The summed E-state index contributed by atoms with van der Waals surface area (Å²) in [4.78, 5) is 14.7. The Balaban J connectivity index is 2.13. The summed E-state index contributed by atoms with van der Waals surface area (Å²) in [6.45, 7) is 2.12. The first-order chi connectivity index (χ1) is 7.60. The van der Waals surface area contributed by atoms with E-state index in [9.17, 15) is 4.79 Å². The summed E-state index contributed by atoms with van der Waals surface area (Å²) in [6.07, 6.45) is 5.52. The maximum atomic E-state index is 10.5. The predicted molar refractivity (Wildman–Crippen MR) is 56.1 cm³/mol. The van der Waals surface area contributed by atoms with Crippen LogP contribution in [0.4, 0.5) is 0 Å². The predicted octanol–water partition coefficient (Wildman–Crippen LogP) is 1.92. The third-order valence-electron chi connectivity index (χ3n) is 3.25. The number of aromatic nitrogens is 2. The molecule has 0 spiro atoms. The number of nitrogens with zero attached hydrogens (tertiary/aromatic N) is 2. The molecule has 0 unspecified atom stereocenters. The molecule has 16 heavy (non-hydrogen) atoms. The standard InChI is InChI=1S/C11H16N2O3/c1-11(5-3-2-4-6-11)10-12-8(13-16-10)7-9(14)15/h2-7H2,1H3,(H,14,15). The Labute approximate surface area is 93.9 Å². The van der Waals surface area contributed by atoms with Gasteiger partial charge in [0.05, 0.1) is 0 Å². The van der Waals surface area contributed by atoms with E-state index in [1.165, 1.54) is 19.3 Å². The molecule has 1 aromatic rings. The summed E-state index contributed by atoms with van der Waals surface area (Å²) in [5.74, 6) is -0.0566. The number of rotatable bonds is 3. The molecule has 5 nitrogen and oxygen atoms in total. The number of hydrogen-bond donors (Lipinski definition) is 1. The van der Waals surface area contributed by atoms with Crippen LogP contribution in [0.15, 0.2) is 4.52 Å². The Morgan fingerprint density at radius 1 is 1.44 bits per heavy atom. The molecule has 1 heterocycles. The summed E-state index contributed by atoms with van der Waals surface area (Å²) in [5.41, 5.74) is -0.0536. The Morgan fingerprint density at radius 3 is 2.75 bits per heavy atom. The average Bonchev–Trinajstić information content (AvgIpc) is 2.67. The van der Waals surface area contributed by atoms with Gasteiger partial charge in [0, 0.05) is 5.41 Å². The van der Waals surface area contributed by atoms with Gasteiger partial charge in [-0.3, -0.25) is 4.79 Å². The van der Waals surface area contributed by atoms with E-state index in [1.807, 2.05) is 0 Å². The van der Waals surface area contributed by atoms with Gasteiger partial charge in [0.15, 0.2) is 5.82 Å². The largest absolute Gasteiger partial charge is 0.481 e. The molecule has 5 heteroatoms. The van der Waals surface area contributed by atoms with Crippen molar-refractivity contribution >= 4 is 5.97 Å². The van der Waals surface area contributed by atoms with E-state index in [0.29, 0.717) is 5.89 Å². The fourth-order valence-electron chi connectivity index (χ4n) is 2.25. The van der Waals surface area contributed by atoms with Crippen molar-refractivity contribution in [3.8, 4) is 0 Å². The maximum absolute atomic E-state index is 10.5. The minimum Gasteiger partial charge on any atom is -0.481 e. The van der Waals surface area contributed by atoms with Crippen molar-refractivity contribution in [3.63, 3.8) is 0 Å². The molecular weight excluding hydrogens is 208 g/mol. The van der Waals surface area contributed by atoms with Crippen LogP contribution in [0.3, 0.4) is 0 Å². The maximum Gasteiger partial charge on any atom is 0.311 e. The zero-order chi connectivity index (χ0) is 11.6. The summed E-state index contributed by atoms with van der Waals surface area (Å²) in [7, 11) is 0. The van der Waals surface area contributed by atoms with Crippen molar-refractivity contribution in [2.45, 2.75) is 50.9 Å². The number of carboxylic acids is 1. The van der Waals surface area contributed by atoms with Gasteiger partial charge in [0.2, 0.25) is 5.89 Å². The number of hydrogen-bond acceptors (Lipinski definition) is 4. The zero-order valence-corrected chi connectivity index (χ0v) is 9.40. The van der Waals surface area contributed by atoms with Crippen LogP contribution >= 0.6 is 0 Å². The molecule has 0 aromatic carbocycles. The summed E-state index contributed by atoms with van der Waals surface area (Å²) >= 11 is 0. The van der Waals surface area contributed by atoms with Gasteiger partial charge in [-0.2, -0.15) is 4.98 Å². The van der Waals surface area contributed by atoms with Gasteiger partial charge >= 0.3 is 5.97 Å². The zero-order valence-electron chi connectivity index (χ0n) is 9.40. The third-order valence-corrected chi connectivity index (χ3v) is 3.25. The molecule has 1 fully saturated rings. The minimum absolute atomic E-state index is 0.0536. The van der Waals surface area contributed by atoms with Gasteiger partial charge in [0.1, 0.15) is 6.42 Å². The monoisotopic (exact) mass is 224 g/mol. The van der Waals surface area contributed by atoms with Crippen LogP contribution in [0.1, 0.15) is 50.7 Å².